The maximum absolute atomic E-state index is 6.66. The minimum Gasteiger partial charge on any atom is -0.455 e. The number of nitrogens with zero attached hydrogens (tertiary/aromatic N) is 3. The molecule has 10 rings (SSSR count). The molecule has 0 aliphatic carbocycles. The maximum Gasteiger partial charge on any atom is 0.164 e. The summed E-state index contributed by atoms with van der Waals surface area (Å²) in [4.78, 5) is 15.5. The van der Waals surface area contributed by atoms with Gasteiger partial charge in [-0.05, 0) is 68.2 Å². The van der Waals surface area contributed by atoms with Crippen molar-refractivity contribution >= 4 is 54.3 Å². The van der Waals surface area contributed by atoms with Crippen LogP contribution in [-0.2, 0) is 0 Å². The van der Waals surface area contributed by atoms with Gasteiger partial charge in [-0.25, -0.2) is 15.0 Å². The summed E-state index contributed by atoms with van der Waals surface area (Å²) in [5.41, 5.74) is 6.56. The first-order valence-corrected chi connectivity index (χ1v) is 16.4. The second kappa shape index (κ2) is 11.0. The number of fused-ring (bicyclic) bond motifs is 7. The zero-order valence-electron chi connectivity index (χ0n) is 26.3. The van der Waals surface area contributed by atoms with E-state index in [2.05, 4.69) is 140 Å². The largest absolute Gasteiger partial charge is 0.455 e. The molecule has 4 nitrogen and oxygen atoms in total. The molecule has 0 N–H and O–H groups in total. The topological polar surface area (TPSA) is 51.8 Å². The Morgan fingerprint density at radius 1 is 0.327 bits per heavy atom. The molecule has 0 saturated heterocycles. The van der Waals surface area contributed by atoms with Gasteiger partial charge in [0.05, 0.1) is 0 Å². The van der Waals surface area contributed by atoms with Crippen LogP contribution in [0.2, 0.25) is 0 Å². The molecule has 2 heterocycles. The third-order valence-corrected chi connectivity index (χ3v) is 9.46. The van der Waals surface area contributed by atoms with E-state index >= 15 is 0 Å². The molecule has 0 fully saturated rings. The lowest BCUT2D eigenvalue weighted by molar-refractivity contribution is 0.670. The number of hydrogen-bond donors (Lipinski definition) is 0. The first-order chi connectivity index (χ1) is 24.3. The molecule has 2 aromatic heterocycles. The second-order valence-corrected chi connectivity index (χ2v) is 12.4. The van der Waals surface area contributed by atoms with Crippen LogP contribution in [0.5, 0.6) is 0 Å². The van der Waals surface area contributed by atoms with Crippen LogP contribution in [0.1, 0.15) is 0 Å². The molecule has 0 spiro atoms. The van der Waals surface area contributed by atoms with Gasteiger partial charge in [0.1, 0.15) is 11.2 Å². The van der Waals surface area contributed by atoms with Crippen LogP contribution in [-0.4, -0.2) is 15.0 Å². The van der Waals surface area contributed by atoms with E-state index in [0.717, 1.165) is 65.9 Å². The lowest BCUT2D eigenvalue weighted by Crippen LogP contribution is -2.01. The van der Waals surface area contributed by atoms with Gasteiger partial charge in [-0.3, -0.25) is 0 Å². The average molecular weight is 626 g/mol. The van der Waals surface area contributed by atoms with E-state index < -0.39 is 0 Å². The van der Waals surface area contributed by atoms with Gasteiger partial charge < -0.3 is 4.42 Å². The molecule has 49 heavy (non-hydrogen) atoms. The molecule has 0 saturated carbocycles. The fraction of sp³-hybridized carbons (Fsp3) is 0. The highest BCUT2D eigenvalue weighted by Crippen LogP contribution is 2.41. The van der Waals surface area contributed by atoms with Crippen LogP contribution in [0, 0.1) is 0 Å². The summed E-state index contributed by atoms with van der Waals surface area (Å²) in [5.74, 6) is 1.87. The lowest BCUT2D eigenvalue weighted by Gasteiger charge is -2.13. The van der Waals surface area contributed by atoms with Crippen molar-refractivity contribution in [3.8, 4) is 45.3 Å². The van der Waals surface area contributed by atoms with E-state index in [1.807, 2.05) is 24.3 Å². The van der Waals surface area contributed by atoms with Crippen LogP contribution in [0.4, 0.5) is 0 Å². The van der Waals surface area contributed by atoms with Gasteiger partial charge in [0.25, 0.3) is 0 Å². The predicted molar refractivity (Wildman–Crippen MR) is 201 cm³/mol. The first kappa shape index (κ1) is 27.5. The molecule has 4 heteroatoms. The highest BCUT2D eigenvalue weighted by atomic mass is 16.3. The molecular weight excluding hydrogens is 599 g/mol. The van der Waals surface area contributed by atoms with E-state index in [0.29, 0.717) is 17.5 Å². The Bertz CT molecular complexity index is 2880. The van der Waals surface area contributed by atoms with Gasteiger partial charge in [0.2, 0.25) is 0 Å². The van der Waals surface area contributed by atoms with E-state index in [1.54, 1.807) is 0 Å². The van der Waals surface area contributed by atoms with Crippen molar-refractivity contribution in [1.29, 1.82) is 0 Å². The molecule has 228 valence electrons. The van der Waals surface area contributed by atoms with E-state index in [9.17, 15) is 0 Å². The molecule has 0 aliphatic heterocycles. The third kappa shape index (κ3) is 4.57. The summed E-state index contributed by atoms with van der Waals surface area (Å²) < 4.78 is 6.66. The number of aromatic nitrogens is 3. The van der Waals surface area contributed by atoms with Gasteiger partial charge in [0.15, 0.2) is 17.5 Å². The fourth-order valence-corrected chi connectivity index (χ4v) is 7.11. The summed E-state index contributed by atoms with van der Waals surface area (Å²) in [7, 11) is 0. The van der Waals surface area contributed by atoms with Gasteiger partial charge in [-0.1, -0.05) is 133 Å². The maximum atomic E-state index is 6.66. The molecular formula is C45H27N3O. The van der Waals surface area contributed by atoms with Crippen molar-refractivity contribution < 1.29 is 4.42 Å². The predicted octanol–water partition coefficient (Wildman–Crippen LogP) is 11.9. The Hall–Kier alpha value is -6.65. The van der Waals surface area contributed by atoms with Gasteiger partial charge in [-0.15, -0.1) is 0 Å². The molecule has 0 radical (unpaired) electrons. The van der Waals surface area contributed by atoms with Crippen LogP contribution in [0.15, 0.2) is 168 Å². The van der Waals surface area contributed by atoms with E-state index in [1.165, 1.54) is 16.2 Å². The number of hydrogen-bond acceptors (Lipinski definition) is 4. The Morgan fingerprint density at radius 2 is 0.898 bits per heavy atom. The minimum absolute atomic E-state index is 0.607. The Labute approximate surface area is 282 Å². The quantitative estimate of drug-likeness (QED) is 0.183. The number of furan rings is 1. The molecule has 10 aromatic rings. The zero-order chi connectivity index (χ0) is 32.3. The van der Waals surface area contributed by atoms with Crippen molar-refractivity contribution in [1.82, 2.24) is 15.0 Å². The Balaban J connectivity index is 1.28. The van der Waals surface area contributed by atoms with Crippen molar-refractivity contribution in [2.75, 3.05) is 0 Å². The molecule has 0 unspecified atom stereocenters. The molecule has 0 aliphatic rings. The van der Waals surface area contributed by atoms with E-state index in [4.69, 9.17) is 19.4 Å². The number of rotatable bonds is 4. The standard InChI is InChI=1S/C45H27N3O/c1-3-13-28(14-4-1)37-25-33(26-39-38-23-30-17-7-8-18-31(30)27-41(38)49-42(37)39)44-46-43(29-15-5-2-6-16-29)47-45(48-44)40-24-32-19-9-10-20-34(32)35-21-11-12-22-36(35)40/h1-27H. The van der Waals surface area contributed by atoms with Gasteiger partial charge in [0, 0.05) is 33.0 Å². The fourth-order valence-electron chi connectivity index (χ4n) is 7.11. The SMILES string of the molecule is c1ccc(-c2nc(-c3cc(-c4ccccc4)c4oc5cc6ccccc6cc5c4c3)nc(-c3cc4ccccc4c4ccccc34)n2)cc1. The van der Waals surface area contributed by atoms with Crippen LogP contribution in [0.3, 0.4) is 0 Å². The molecule has 0 amide bonds. The lowest BCUT2D eigenvalue weighted by atomic mass is 9.96. The molecule has 8 aromatic carbocycles. The van der Waals surface area contributed by atoms with Crippen molar-refractivity contribution in [2.45, 2.75) is 0 Å². The highest BCUT2D eigenvalue weighted by molar-refractivity contribution is 6.15. The zero-order valence-corrected chi connectivity index (χ0v) is 26.3. The first-order valence-electron chi connectivity index (χ1n) is 16.4. The monoisotopic (exact) mass is 625 g/mol. The Morgan fingerprint density at radius 3 is 1.65 bits per heavy atom. The molecule has 0 bridgehead atoms. The smallest absolute Gasteiger partial charge is 0.164 e. The van der Waals surface area contributed by atoms with Crippen LogP contribution >= 0.6 is 0 Å². The number of benzene rings is 8. The van der Waals surface area contributed by atoms with E-state index in [-0.39, 0.29) is 0 Å². The molecule has 0 atom stereocenters. The normalized spacial score (nSPS) is 11.7. The van der Waals surface area contributed by atoms with Gasteiger partial charge in [-0.2, -0.15) is 0 Å². The summed E-state index contributed by atoms with van der Waals surface area (Å²) in [6.07, 6.45) is 0. The van der Waals surface area contributed by atoms with Crippen molar-refractivity contribution in [2.24, 2.45) is 0 Å². The Kier molecular flexibility index (Phi) is 6.15. The summed E-state index contributed by atoms with van der Waals surface area (Å²) >= 11 is 0. The van der Waals surface area contributed by atoms with Crippen LogP contribution in [0.25, 0.3) is 99.5 Å². The average Bonchev–Trinajstić information content (AvgIpc) is 3.54. The van der Waals surface area contributed by atoms with Crippen molar-refractivity contribution in [3.05, 3.63) is 164 Å². The summed E-state index contributed by atoms with van der Waals surface area (Å²) in [6, 6.07) is 56.9. The van der Waals surface area contributed by atoms with Crippen molar-refractivity contribution in [3.63, 3.8) is 0 Å². The highest BCUT2D eigenvalue weighted by Gasteiger charge is 2.20. The minimum atomic E-state index is 0.607. The summed E-state index contributed by atoms with van der Waals surface area (Å²) in [5, 5.41) is 9.02. The third-order valence-electron chi connectivity index (χ3n) is 9.46. The van der Waals surface area contributed by atoms with Crippen LogP contribution < -0.4 is 0 Å². The second-order valence-electron chi connectivity index (χ2n) is 12.4. The van der Waals surface area contributed by atoms with Gasteiger partial charge >= 0.3 is 0 Å². The summed E-state index contributed by atoms with van der Waals surface area (Å²) in [6.45, 7) is 0.